The van der Waals surface area contributed by atoms with Crippen molar-refractivity contribution < 1.29 is 14.2 Å². The van der Waals surface area contributed by atoms with Crippen molar-refractivity contribution in [3.8, 4) is 11.5 Å². The molecule has 0 amide bonds. The highest BCUT2D eigenvalue weighted by molar-refractivity contribution is 5.62. The second kappa shape index (κ2) is 5.64. The molecule has 1 atom stereocenters. The zero-order chi connectivity index (χ0) is 14.8. The number of fused-ring (bicyclic) bond motifs is 1. The first-order valence-electron chi connectivity index (χ1n) is 7.15. The van der Waals surface area contributed by atoms with Crippen molar-refractivity contribution in [1.29, 1.82) is 0 Å². The quantitative estimate of drug-likeness (QED) is 0.939. The molecule has 0 aliphatic carbocycles. The molecule has 2 aromatic rings. The van der Waals surface area contributed by atoms with E-state index in [1.54, 1.807) is 30.3 Å². The minimum absolute atomic E-state index is 0.0982. The molecule has 1 heterocycles. The maximum absolute atomic E-state index is 13.8. The van der Waals surface area contributed by atoms with Gasteiger partial charge >= 0.3 is 0 Å². The third-order valence-electron chi connectivity index (χ3n) is 3.79. The van der Waals surface area contributed by atoms with Gasteiger partial charge in [0, 0.05) is 19.0 Å². The molecule has 1 aliphatic rings. The third-order valence-corrected chi connectivity index (χ3v) is 3.79. The van der Waals surface area contributed by atoms with Crippen LogP contribution in [0.2, 0.25) is 0 Å². The Bertz CT molecular complexity index is 644. The molecule has 1 aliphatic heterocycles. The van der Waals surface area contributed by atoms with Crippen LogP contribution in [0, 0.1) is 5.82 Å². The van der Waals surface area contributed by atoms with Crippen molar-refractivity contribution in [2.75, 3.05) is 18.0 Å². The van der Waals surface area contributed by atoms with Crippen LogP contribution in [-0.2, 0) is 6.42 Å². The number of hydrogen-bond donors (Lipinski definition) is 1. The molecule has 2 aromatic carbocycles. The van der Waals surface area contributed by atoms with Gasteiger partial charge in [-0.2, -0.15) is 0 Å². The maximum Gasteiger partial charge on any atom is 0.143 e. The summed E-state index contributed by atoms with van der Waals surface area (Å²) in [5, 5.41) is 9.61. The number of rotatable bonds is 3. The number of benzene rings is 2. The summed E-state index contributed by atoms with van der Waals surface area (Å²) in [6.07, 6.45) is 0.433. The molecule has 0 bridgehead atoms. The smallest absolute Gasteiger partial charge is 0.143 e. The highest BCUT2D eigenvalue weighted by atomic mass is 19.1. The van der Waals surface area contributed by atoms with E-state index in [0.717, 1.165) is 18.0 Å². The maximum atomic E-state index is 13.8. The van der Waals surface area contributed by atoms with E-state index in [1.165, 1.54) is 6.07 Å². The van der Waals surface area contributed by atoms with E-state index in [9.17, 15) is 9.50 Å². The van der Waals surface area contributed by atoms with E-state index in [-0.39, 0.29) is 17.7 Å². The average molecular weight is 287 g/mol. The predicted molar refractivity (Wildman–Crippen MR) is 80.5 cm³/mol. The molecular weight excluding hydrogens is 269 g/mol. The Balaban J connectivity index is 1.84. The number of phenolic OH excluding ortho intramolecular Hbond substituents is 1. The van der Waals surface area contributed by atoms with Gasteiger partial charge in [0.1, 0.15) is 23.4 Å². The van der Waals surface area contributed by atoms with Gasteiger partial charge in [-0.3, -0.25) is 0 Å². The van der Waals surface area contributed by atoms with Gasteiger partial charge in [0.25, 0.3) is 0 Å². The molecule has 0 saturated carbocycles. The number of halogens is 1. The molecule has 0 spiro atoms. The normalized spacial score (nSPS) is 17.2. The van der Waals surface area contributed by atoms with Crippen LogP contribution in [0.3, 0.4) is 0 Å². The largest absolute Gasteiger partial charge is 0.508 e. The molecule has 0 radical (unpaired) electrons. The summed E-state index contributed by atoms with van der Waals surface area (Å²) in [5.41, 5.74) is 1.56. The predicted octanol–water partition coefficient (Wildman–Crippen LogP) is 3.36. The Morgan fingerprint density at radius 2 is 2.10 bits per heavy atom. The summed E-state index contributed by atoms with van der Waals surface area (Å²) >= 11 is 0. The number of nitrogens with zero attached hydrogens (tertiary/aromatic N) is 1. The SMILES string of the molecule is CCN1CC(Cc2ccccc2F)Oc2ccc(O)cc21. The van der Waals surface area contributed by atoms with Gasteiger partial charge in [-0.1, -0.05) is 18.2 Å². The highest BCUT2D eigenvalue weighted by Crippen LogP contribution is 2.36. The summed E-state index contributed by atoms with van der Waals surface area (Å²) in [6, 6.07) is 11.9. The van der Waals surface area contributed by atoms with Crippen LogP contribution in [0.1, 0.15) is 12.5 Å². The van der Waals surface area contributed by atoms with E-state index in [1.807, 2.05) is 6.07 Å². The molecule has 0 aromatic heterocycles. The lowest BCUT2D eigenvalue weighted by Crippen LogP contribution is -2.41. The van der Waals surface area contributed by atoms with Crippen LogP contribution in [-0.4, -0.2) is 24.3 Å². The number of likely N-dealkylation sites (N-methyl/N-ethyl adjacent to an activating group) is 1. The Morgan fingerprint density at radius 3 is 2.86 bits per heavy atom. The summed E-state index contributed by atoms with van der Waals surface area (Å²) in [5.74, 6) is 0.770. The first-order chi connectivity index (χ1) is 10.2. The van der Waals surface area contributed by atoms with E-state index in [4.69, 9.17) is 4.74 Å². The summed E-state index contributed by atoms with van der Waals surface area (Å²) in [4.78, 5) is 2.14. The van der Waals surface area contributed by atoms with Crippen molar-refractivity contribution >= 4 is 5.69 Å². The number of phenols is 1. The van der Waals surface area contributed by atoms with Crippen LogP contribution in [0.5, 0.6) is 11.5 Å². The van der Waals surface area contributed by atoms with E-state index >= 15 is 0 Å². The second-order valence-electron chi connectivity index (χ2n) is 5.23. The third kappa shape index (κ3) is 2.79. The first kappa shape index (κ1) is 13.7. The van der Waals surface area contributed by atoms with Gasteiger partial charge in [0.05, 0.1) is 12.2 Å². The van der Waals surface area contributed by atoms with E-state index in [2.05, 4.69) is 11.8 Å². The van der Waals surface area contributed by atoms with Crippen LogP contribution in [0.25, 0.3) is 0 Å². The van der Waals surface area contributed by atoms with Crippen molar-refractivity contribution in [2.45, 2.75) is 19.4 Å². The van der Waals surface area contributed by atoms with Crippen LogP contribution < -0.4 is 9.64 Å². The Labute approximate surface area is 123 Å². The monoisotopic (exact) mass is 287 g/mol. The van der Waals surface area contributed by atoms with E-state index in [0.29, 0.717) is 18.5 Å². The lowest BCUT2D eigenvalue weighted by atomic mass is 10.0. The van der Waals surface area contributed by atoms with Crippen molar-refractivity contribution in [3.05, 3.63) is 53.8 Å². The molecule has 3 rings (SSSR count). The second-order valence-corrected chi connectivity index (χ2v) is 5.23. The highest BCUT2D eigenvalue weighted by Gasteiger charge is 2.26. The van der Waals surface area contributed by atoms with Gasteiger partial charge < -0.3 is 14.7 Å². The fourth-order valence-corrected chi connectivity index (χ4v) is 2.73. The fraction of sp³-hybridized carbons (Fsp3) is 0.294. The lowest BCUT2D eigenvalue weighted by molar-refractivity contribution is 0.192. The van der Waals surface area contributed by atoms with Crippen LogP contribution in [0.15, 0.2) is 42.5 Å². The molecule has 1 unspecified atom stereocenters. The van der Waals surface area contributed by atoms with Crippen molar-refractivity contribution in [1.82, 2.24) is 0 Å². The van der Waals surface area contributed by atoms with Crippen molar-refractivity contribution in [2.24, 2.45) is 0 Å². The average Bonchev–Trinajstić information content (AvgIpc) is 2.49. The molecule has 1 N–H and O–H groups in total. The number of ether oxygens (including phenoxy) is 1. The Kier molecular flexibility index (Phi) is 3.69. The molecule has 3 nitrogen and oxygen atoms in total. The first-order valence-corrected chi connectivity index (χ1v) is 7.15. The minimum Gasteiger partial charge on any atom is -0.508 e. The van der Waals surface area contributed by atoms with Gasteiger partial charge in [-0.15, -0.1) is 0 Å². The van der Waals surface area contributed by atoms with Crippen molar-refractivity contribution in [3.63, 3.8) is 0 Å². The fourth-order valence-electron chi connectivity index (χ4n) is 2.73. The van der Waals surface area contributed by atoms with Gasteiger partial charge in [-0.05, 0) is 30.7 Å². The number of anilines is 1. The molecule has 110 valence electrons. The summed E-state index contributed by atoms with van der Waals surface area (Å²) < 4.78 is 19.7. The van der Waals surface area contributed by atoms with Crippen LogP contribution in [0.4, 0.5) is 10.1 Å². The molecule has 21 heavy (non-hydrogen) atoms. The summed E-state index contributed by atoms with van der Waals surface area (Å²) in [6.45, 7) is 3.55. The van der Waals surface area contributed by atoms with Gasteiger partial charge in [-0.25, -0.2) is 4.39 Å². The molecule has 0 saturated heterocycles. The Hall–Kier alpha value is -2.23. The molecule has 0 fully saturated rings. The van der Waals surface area contributed by atoms with E-state index < -0.39 is 0 Å². The number of hydrogen-bond acceptors (Lipinski definition) is 3. The summed E-state index contributed by atoms with van der Waals surface area (Å²) in [7, 11) is 0. The molecular formula is C17H18FNO2. The lowest BCUT2D eigenvalue weighted by Gasteiger charge is -2.35. The van der Waals surface area contributed by atoms with Crippen LogP contribution >= 0.6 is 0 Å². The molecule has 4 heteroatoms. The minimum atomic E-state index is -0.194. The van der Waals surface area contributed by atoms with Gasteiger partial charge in [0.15, 0.2) is 0 Å². The number of aromatic hydroxyl groups is 1. The zero-order valence-electron chi connectivity index (χ0n) is 11.9. The standard InChI is InChI=1S/C17H18FNO2/c1-2-19-11-14(9-12-5-3-4-6-15(12)18)21-17-8-7-13(20)10-16(17)19/h3-8,10,14,20H,2,9,11H2,1H3. The Morgan fingerprint density at radius 1 is 1.29 bits per heavy atom. The van der Waals surface area contributed by atoms with Gasteiger partial charge in [0.2, 0.25) is 0 Å². The topological polar surface area (TPSA) is 32.7 Å². The zero-order valence-corrected chi connectivity index (χ0v) is 11.9.